The van der Waals surface area contributed by atoms with Crippen LogP contribution in [0.3, 0.4) is 0 Å². The van der Waals surface area contributed by atoms with Crippen LogP contribution in [0.2, 0.25) is 0 Å². The molecule has 2 rings (SSSR count). The molecule has 0 spiro atoms. The lowest BCUT2D eigenvalue weighted by atomic mass is 10.2. The number of carbonyl (C=O) groups excluding carboxylic acids is 1. The second-order valence-electron chi connectivity index (χ2n) is 5.93. The number of imidazole rings is 1. The molecule has 7 nitrogen and oxygen atoms in total. The number of amides is 1. The molecule has 0 saturated carbocycles. The number of ether oxygens (including phenoxy) is 1. The minimum absolute atomic E-state index is 0.234. The van der Waals surface area contributed by atoms with Gasteiger partial charge in [-0.3, -0.25) is 9.25 Å². The number of nitrogens with one attached hydrogen (secondary N) is 1. The van der Waals surface area contributed by atoms with Crippen LogP contribution in [0.5, 0.6) is 0 Å². The predicted octanol–water partition coefficient (Wildman–Crippen LogP) is 2.19. The molecule has 2 aromatic heterocycles. The van der Waals surface area contributed by atoms with E-state index in [4.69, 9.17) is 4.74 Å². The van der Waals surface area contributed by atoms with Crippen molar-refractivity contribution < 1.29 is 9.53 Å². The van der Waals surface area contributed by atoms with Gasteiger partial charge in [0.25, 0.3) is 0 Å². The van der Waals surface area contributed by atoms with Gasteiger partial charge in [0.2, 0.25) is 0 Å². The Hall–Kier alpha value is -2.31. The molecular weight excluding hydrogens is 270 g/mol. The van der Waals surface area contributed by atoms with Gasteiger partial charge in [-0.05, 0) is 27.7 Å². The highest BCUT2D eigenvalue weighted by Gasteiger charge is 2.20. The highest BCUT2D eigenvalue weighted by Crippen LogP contribution is 2.17. The van der Waals surface area contributed by atoms with Crippen LogP contribution >= 0.6 is 0 Å². The summed E-state index contributed by atoms with van der Waals surface area (Å²) in [6.07, 6.45) is 6.58. The van der Waals surface area contributed by atoms with Crippen molar-refractivity contribution in [2.75, 3.05) is 0 Å². The van der Waals surface area contributed by atoms with Crippen molar-refractivity contribution in [2.45, 2.75) is 39.3 Å². The predicted molar refractivity (Wildman–Crippen MR) is 78.1 cm³/mol. The van der Waals surface area contributed by atoms with Crippen LogP contribution in [0, 0.1) is 0 Å². The summed E-state index contributed by atoms with van der Waals surface area (Å²) in [5, 5.41) is 6.95. The third kappa shape index (κ3) is 3.84. The number of alkyl carbamates (subject to hydrolysis) is 1. The molecule has 1 atom stereocenters. The van der Waals surface area contributed by atoms with Gasteiger partial charge in [0.15, 0.2) is 0 Å². The summed E-state index contributed by atoms with van der Waals surface area (Å²) in [6, 6.07) is -0.234. The van der Waals surface area contributed by atoms with Gasteiger partial charge >= 0.3 is 6.09 Å². The van der Waals surface area contributed by atoms with E-state index in [9.17, 15) is 4.79 Å². The second kappa shape index (κ2) is 5.59. The fraction of sp³-hybridized carbons (Fsp3) is 0.500. The maximum absolute atomic E-state index is 11.8. The van der Waals surface area contributed by atoms with Gasteiger partial charge in [0.1, 0.15) is 5.60 Å². The second-order valence-corrected chi connectivity index (χ2v) is 5.93. The van der Waals surface area contributed by atoms with Gasteiger partial charge in [0, 0.05) is 13.2 Å². The third-order valence-corrected chi connectivity index (χ3v) is 2.81. The summed E-state index contributed by atoms with van der Waals surface area (Å²) in [4.78, 5) is 16.0. The summed E-state index contributed by atoms with van der Waals surface area (Å²) < 4.78 is 8.86. The summed E-state index contributed by atoms with van der Waals surface area (Å²) in [5.74, 6) is 0. The van der Waals surface area contributed by atoms with Crippen molar-refractivity contribution in [3.8, 4) is 5.69 Å². The van der Waals surface area contributed by atoms with Gasteiger partial charge < -0.3 is 10.1 Å². The number of aromatic nitrogens is 4. The van der Waals surface area contributed by atoms with Crippen molar-refractivity contribution >= 4 is 6.09 Å². The summed E-state index contributed by atoms with van der Waals surface area (Å²) in [7, 11) is 1.85. The third-order valence-electron chi connectivity index (χ3n) is 2.81. The van der Waals surface area contributed by atoms with Crippen LogP contribution in [0.25, 0.3) is 5.69 Å². The normalized spacial score (nSPS) is 13.0. The zero-order chi connectivity index (χ0) is 15.6. The molecule has 1 amide bonds. The first-order valence-electron chi connectivity index (χ1n) is 6.77. The van der Waals surface area contributed by atoms with E-state index in [1.165, 1.54) is 0 Å². The van der Waals surface area contributed by atoms with E-state index in [2.05, 4.69) is 15.4 Å². The summed E-state index contributed by atoms with van der Waals surface area (Å²) >= 11 is 0. The molecule has 0 unspecified atom stereocenters. The van der Waals surface area contributed by atoms with E-state index in [0.29, 0.717) is 0 Å². The highest BCUT2D eigenvalue weighted by atomic mass is 16.6. The highest BCUT2D eigenvalue weighted by molar-refractivity contribution is 5.68. The molecule has 0 fully saturated rings. The minimum Gasteiger partial charge on any atom is -0.444 e. The Morgan fingerprint density at radius 3 is 2.67 bits per heavy atom. The Bertz CT molecular complexity index is 623. The maximum Gasteiger partial charge on any atom is 0.408 e. The Morgan fingerprint density at radius 1 is 1.38 bits per heavy atom. The molecule has 0 aromatic carbocycles. The molecule has 2 aromatic rings. The number of hydrogen-bond donors (Lipinski definition) is 1. The fourth-order valence-corrected chi connectivity index (χ4v) is 1.93. The number of carbonyl (C=O) groups is 1. The zero-order valence-electron chi connectivity index (χ0n) is 13.0. The van der Waals surface area contributed by atoms with Gasteiger partial charge in [-0.1, -0.05) is 0 Å². The quantitative estimate of drug-likeness (QED) is 0.940. The van der Waals surface area contributed by atoms with Crippen molar-refractivity contribution in [2.24, 2.45) is 7.05 Å². The average molecular weight is 291 g/mol. The van der Waals surface area contributed by atoms with Gasteiger partial charge in [-0.2, -0.15) is 5.10 Å². The lowest BCUT2D eigenvalue weighted by Gasteiger charge is -2.22. The fourth-order valence-electron chi connectivity index (χ4n) is 1.93. The molecule has 7 heteroatoms. The topological polar surface area (TPSA) is 74.0 Å². The first kappa shape index (κ1) is 15.1. The van der Waals surface area contributed by atoms with Crippen LogP contribution < -0.4 is 5.32 Å². The Morgan fingerprint density at radius 2 is 2.10 bits per heavy atom. The van der Waals surface area contributed by atoms with E-state index < -0.39 is 11.7 Å². The Balaban J connectivity index is 2.12. The van der Waals surface area contributed by atoms with Crippen LogP contribution in [0.1, 0.15) is 39.4 Å². The maximum atomic E-state index is 11.8. The molecule has 114 valence electrons. The smallest absolute Gasteiger partial charge is 0.408 e. The molecule has 0 radical (unpaired) electrons. The molecule has 0 aliphatic carbocycles. The van der Waals surface area contributed by atoms with Crippen LogP contribution in [-0.4, -0.2) is 31.0 Å². The Labute approximate surface area is 123 Å². The first-order valence-corrected chi connectivity index (χ1v) is 6.77. The first-order chi connectivity index (χ1) is 9.76. The number of rotatable bonds is 3. The van der Waals surface area contributed by atoms with Crippen LogP contribution in [0.4, 0.5) is 4.79 Å². The van der Waals surface area contributed by atoms with E-state index in [0.717, 1.165) is 11.4 Å². The van der Waals surface area contributed by atoms with Crippen molar-refractivity contribution in [3.05, 3.63) is 30.6 Å². The average Bonchev–Trinajstić information content (AvgIpc) is 2.93. The van der Waals surface area contributed by atoms with Crippen LogP contribution in [0.15, 0.2) is 24.9 Å². The largest absolute Gasteiger partial charge is 0.444 e. The lowest BCUT2D eigenvalue weighted by Crippen LogP contribution is -2.34. The van der Waals surface area contributed by atoms with Crippen molar-refractivity contribution in [3.63, 3.8) is 0 Å². The SMILES string of the molecule is C[C@@H](NC(=O)OC(C)(C)C)c1cncn1-c1cnn(C)c1. The molecule has 0 aliphatic rings. The molecule has 0 aliphatic heterocycles. The number of aryl methyl sites for hydroxylation is 1. The zero-order valence-corrected chi connectivity index (χ0v) is 13.0. The van der Waals surface area contributed by atoms with Gasteiger partial charge in [-0.25, -0.2) is 9.78 Å². The molecule has 2 heterocycles. The monoisotopic (exact) mass is 291 g/mol. The van der Waals surface area contributed by atoms with E-state index in [1.54, 1.807) is 23.4 Å². The van der Waals surface area contributed by atoms with Gasteiger partial charge in [0.05, 0.1) is 36.1 Å². The molecule has 0 bridgehead atoms. The van der Waals surface area contributed by atoms with E-state index in [1.807, 2.05) is 45.5 Å². The number of nitrogens with zero attached hydrogens (tertiary/aromatic N) is 4. The van der Waals surface area contributed by atoms with Crippen LogP contribution in [-0.2, 0) is 11.8 Å². The lowest BCUT2D eigenvalue weighted by molar-refractivity contribution is 0.0506. The molecular formula is C14H21N5O2. The van der Waals surface area contributed by atoms with Gasteiger partial charge in [-0.15, -0.1) is 0 Å². The number of hydrogen-bond acceptors (Lipinski definition) is 4. The van der Waals surface area contributed by atoms with Crippen molar-refractivity contribution in [1.29, 1.82) is 0 Å². The summed E-state index contributed by atoms with van der Waals surface area (Å²) in [6.45, 7) is 7.37. The van der Waals surface area contributed by atoms with E-state index >= 15 is 0 Å². The summed E-state index contributed by atoms with van der Waals surface area (Å²) in [5.41, 5.74) is 1.23. The molecule has 0 saturated heterocycles. The Kier molecular flexibility index (Phi) is 4.02. The molecule has 21 heavy (non-hydrogen) atoms. The van der Waals surface area contributed by atoms with Crippen molar-refractivity contribution in [1.82, 2.24) is 24.6 Å². The minimum atomic E-state index is -0.520. The van der Waals surface area contributed by atoms with E-state index in [-0.39, 0.29) is 6.04 Å². The molecule has 1 N–H and O–H groups in total. The standard InChI is InChI=1S/C14H21N5O2/c1-10(17-13(20)21-14(2,3)4)12-7-15-9-19(12)11-6-16-18(5)8-11/h6-10H,1-5H3,(H,17,20)/t10-/m1/s1.